The number of carbonyl (C=O) groups excluding carboxylic acids is 2. The van der Waals surface area contributed by atoms with Crippen LogP contribution in [0, 0.1) is 12.8 Å². The Morgan fingerprint density at radius 1 is 1.19 bits per heavy atom. The zero-order chi connectivity index (χ0) is 18.5. The lowest BCUT2D eigenvalue weighted by atomic mass is 9.92. The van der Waals surface area contributed by atoms with Gasteiger partial charge in [-0.15, -0.1) is 0 Å². The minimum Gasteiger partial charge on any atom is -0.448 e. The van der Waals surface area contributed by atoms with Crippen LogP contribution in [0.15, 0.2) is 23.2 Å². The predicted octanol–water partition coefficient (Wildman–Crippen LogP) is 1.50. The molecule has 1 aliphatic rings. The van der Waals surface area contributed by atoms with Crippen LogP contribution in [0.2, 0.25) is 0 Å². The fourth-order valence-electron chi connectivity index (χ4n) is 3.10. The third-order valence-corrected chi connectivity index (χ3v) is 4.71. The van der Waals surface area contributed by atoms with Gasteiger partial charge in [0, 0.05) is 26.2 Å². The van der Waals surface area contributed by atoms with Gasteiger partial charge < -0.3 is 14.6 Å². The van der Waals surface area contributed by atoms with Crippen molar-refractivity contribution in [1.29, 1.82) is 0 Å². The number of nitrogens with one attached hydrogen (secondary N) is 1. The maximum atomic E-state index is 12.0. The van der Waals surface area contributed by atoms with E-state index in [1.807, 2.05) is 4.90 Å². The van der Waals surface area contributed by atoms with Gasteiger partial charge in [-0.1, -0.05) is 0 Å². The number of hydrogen-bond acceptors (Lipinski definition) is 6. The number of hydrogen-bond donors (Lipinski definition) is 1. The average molecular weight is 357 g/mol. The van der Waals surface area contributed by atoms with Crippen molar-refractivity contribution in [3.63, 3.8) is 0 Å². The summed E-state index contributed by atoms with van der Waals surface area (Å²) in [5.74, 6) is 0.871. The minimum atomic E-state index is -0.292. The lowest BCUT2D eigenvalue weighted by Crippen LogP contribution is -2.37. The van der Waals surface area contributed by atoms with Crippen LogP contribution in [0.25, 0.3) is 0 Å². The normalized spacial score (nSPS) is 15.1. The van der Waals surface area contributed by atoms with E-state index in [1.165, 1.54) is 6.39 Å². The van der Waals surface area contributed by atoms with Crippen molar-refractivity contribution in [3.05, 3.63) is 41.6 Å². The average Bonchev–Trinajstić information content (AvgIpc) is 3.07. The van der Waals surface area contributed by atoms with E-state index in [4.69, 9.17) is 4.42 Å². The summed E-state index contributed by atoms with van der Waals surface area (Å²) in [6.07, 6.45) is 7.56. The van der Waals surface area contributed by atoms with Gasteiger partial charge in [0.1, 0.15) is 5.76 Å². The molecule has 2 aromatic heterocycles. The molecule has 8 nitrogen and oxygen atoms in total. The van der Waals surface area contributed by atoms with E-state index in [9.17, 15) is 9.59 Å². The second kappa shape index (κ2) is 8.07. The summed E-state index contributed by atoms with van der Waals surface area (Å²) in [5, 5.41) is 2.76. The Labute approximate surface area is 152 Å². The third kappa shape index (κ3) is 4.44. The van der Waals surface area contributed by atoms with Crippen molar-refractivity contribution in [2.45, 2.75) is 39.7 Å². The lowest BCUT2D eigenvalue weighted by molar-refractivity contribution is -0.130. The monoisotopic (exact) mass is 357 g/mol. The van der Waals surface area contributed by atoms with E-state index in [-0.39, 0.29) is 24.1 Å². The van der Waals surface area contributed by atoms with Crippen molar-refractivity contribution < 1.29 is 14.0 Å². The Morgan fingerprint density at radius 3 is 2.46 bits per heavy atom. The second-order valence-electron chi connectivity index (χ2n) is 6.59. The molecule has 3 rings (SSSR count). The Bertz CT molecular complexity index is 763. The zero-order valence-electron chi connectivity index (χ0n) is 15.1. The molecule has 1 N–H and O–H groups in total. The van der Waals surface area contributed by atoms with Gasteiger partial charge in [0.2, 0.25) is 5.91 Å². The highest BCUT2D eigenvalue weighted by atomic mass is 16.3. The number of piperidine rings is 1. The molecule has 138 valence electrons. The number of amides is 2. The number of rotatable bonds is 5. The van der Waals surface area contributed by atoms with Crippen LogP contribution >= 0.6 is 0 Å². The molecule has 0 bridgehead atoms. The van der Waals surface area contributed by atoms with Gasteiger partial charge in [0.15, 0.2) is 12.1 Å². The Hall–Kier alpha value is -2.77. The van der Waals surface area contributed by atoms with Crippen molar-refractivity contribution >= 4 is 11.8 Å². The summed E-state index contributed by atoms with van der Waals surface area (Å²) in [7, 11) is 0. The molecule has 26 heavy (non-hydrogen) atoms. The fraction of sp³-hybridized carbons (Fsp3) is 0.500. The van der Waals surface area contributed by atoms with Crippen molar-refractivity contribution in [3.8, 4) is 0 Å². The first-order valence-corrected chi connectivity index (χ1v) is 8.76. The van der Waals surface area contributed by atoms with Gasteiger partial charge in [-0.05, 0) is 32.1 Å². The molecule has 0 unspecified atom stereocenters. The molecule has 1 saturated heterocycles. The summed E-state index contributed by atoms with van der Waals surface area (Å²) < 4.78 is 5.02. The van der Waals surface area contributed by atoms with Crippen molar-refractivity contribution in [2.75, 3.05) is 13.1 Å². The third-order valence-electron chi connectivity index (χ3n) is 4.71. The molecule has 0 aromatic carbocycles. The fourth-order valence-corrected chi connectivity index (χ4v) is 3.10. The summed E-state index contributed by atoms with van der Waals surface area (Å²) >= 11 is 0. The number of aryl methyl sites for hydroxylation is 1. The van der Waals surface area contributed by atoms with Gasteiger partial charge in [-0.3, -0.25) is 19.6 Å². The standard InChI is InChI=1S/C18H23N5O3/c1-12-17(22-11-26-12)18(25)21-10-16-9-19-15(8-20-16)7-14-3-5-23(6-4-14)13(2)24/h8-9,11,14H,3-7,10H2,1-2H3,(H,21,25). The van der Waals surface area contributed by atoms with Crippen molar-refractivity contribution in [1.82, 2.24) is 25.2 Å². The van der Waals surface area contributed by atoms with Crippen LogP contribution in [0.4, 0.5) is 0 Å². The van der Waals surface area contributed by atoms with Crippen LogP contribution in [0.1, 0.15) is 47.4 Å². The maximum absolute atomic E-state index is 12.0. The summed E-state index contributed by atoms with van der Waals surface area (Å²) in [6.45, 7) is 5.23. The molecule has 2 aromatic rings. The predicted molar refractivity (Wildman–Crippen MR) is 93.1 cm³/mol. The van der Waals surface area contributed by atoms with Crippen LogP contribution in [-0.4, -0.2) is 44.8 Å². The van der Waals surface area contributed by atoms with Gasteiger partial charge >= 0.3 is 0 Å². The molecule has 1 fully saturated rings. The van der Waals surface area contributed by atoms with E-state index in [0.29, 0.717) is 17.4 Å². The van der Waals surface area contributed by atoms with E-state index in [0.717, 1.165) is 38.0 Å². The van der Waals surface area contributed by atoms with Gasteiger partial charge in [0.25, 0.3) is 5.91 Å². The molecule has 1 aliphatic heterocycles. The van der Waals surface area contributed by atoms with E-state index in [2.05, 4.69) is 20.3 Å². The zero-order valence-corrected chi connectivity index (χ0v) is 15.1. The Kier molecular flexibility index (Phi) is 5.60. The molecule has 0 spiro atoms. The van der Waals surface area contributed by atoms with Gasteiger partial charge in [-0.25, -0.2) is 4.98 Å². The van der Waals surface area contributed by atoms with Crippen LogP contribution in [0.3, 0.4) is 0 Å². The highest BCUT2D eigenvalue weighted by Gasteiger charge is 2.21. The van der Waals surface area contributed by atoms with E-state index in [1.54, 1.807) is 26.2 Å². The highest BCUT2D eigenvalue weighted by Crippen LogP contribution is 2.20. The van der Waals surface area contributed by atoms with Crippen LogP contribution in [0.5, 0.6) is 0 Å². The molecule has 3 heterocycles. The van der Waals surface area contributed by atoms with Gasteiger partial charge in [-0.2, -0.15) is 0 Å². The quantitative estimate of drug-likeness (QED) is 0.870. The van der Waals surface area contributed by atoms with Crippen molar-refractivity contribution in [2.24, 2.45) is 5.92 Å². The highest BCUT2D eigenvalue weighted by molar-refractivity contribution is 5.92. The topological polar surface area (TPSA) is 101 Å². The summed E-state index contributed by atoms with van der Waals surface area (Å²) in [4.78, 5) is 38.0. The summed E-state index contributed by atoms with van der Waals surface area (Å²) in [6, 6.07) is 0. The summed E-state index contributed by atoms with van der Waals surface area (Å²) in [5.41, 5.74) is 1.91. The first-order valence-electron chi connectivity index (χ1n) is 8.76. The van der Waals surface area contributed by atoms with Crippen LogP contribution in [-0.2, 0) is 17.8 Å². The molecule has 0 atom stereocenters. The first-order chi connectivity index (χ1) is 12.5. The first kappa shape index (κ1) is 18.0. The van der Waals surface area contributed by atoms with Crippen LogP contribution < -0.4 is 5.32 Å². The lowest BCUT2D eigenvalue weighted by Gasteiger charge is -2.31. The molecule has 8 heteroatoms. The smallest absolute Gasteiger partial charge is 0.273 e. The second-order valence-corrected chi connectivity index (χ2v) is 6.59. The molecule has 0 saturated carbocycles. The molecule has 2 amide bonds. The Morgan fingerprint density at radius 2 is 1.88 bits per heavy atom. The van der Waals surface area contributed by atoms with E-state index < -0.39 is 0 Å². The molecular formula is C18H23N5O3. The molecule has 0 aliphatic carbocycles. The number of carbonyl (C=O) groups is 2. The van der Waals surface area contributed by atoms with Gasteiger partial charge in [0.05, 0.1) is 24.1 Å². The largest absolute Gasteiger partial charge is 0.448 e. The molecule has 0 radical (unpaired) electrons. The Balaban J connectivity index is 1.47. The number of nitrogens with zero attached hydrogens (tertiary/aromatic N) is 4. The minimum absolute atomic E-state index is 0.149. The SMILES string of the molecule is CC(=O)N1CCC(Cc2cnc(CNC(=O)c3ncoc3C)cn2)CC1. The molecular weight excluding hydrogens is 334 g/mol. The number of likely N-dealkylation sites (tertiary alicyclic amines) is 1. The number of oxazole rings is 1. The van der Waals surface area contributed by atoms with E-state index >= 15 is 0 Å². The maximum Gasteiger partial charge on any atom is 0.273 e. The number of aromatic nitrogens is 3.